The number of rotatable bonds is 4. The second kappa shape index (κ2) is 5.91. The van der Waals surface area contributed by atoms with Crippen molar-refractivity contribution in [2.45, 2.75) is 25.6 Å². The van der Waals surface area contributed by atoms with Crippen molar-refractivity contribution in [1.82, 2.24) is 14.5 Å². The maximum Gasteiger partial charge on any atom is 0.164 e. The van der Waals surface area contributed by atoms with E-state index in [1.807, 2.05) is 6.20 Å². The van der Waals surface area contributed by atoms with Gasteiger partial charge in [0.2, 0.25) is 0 Å². The standard InChI is InChI=1S/C15H17F2N3O/c16-12-3-1-2-11(15(12)17)13(21)4-6-19-8-9-20-7-5-18-14(20)10-19/h1-3,5,7,13,21H,4,6,8-10H2. The molecule has 0 amide bonds. The molecule has 0 saturated heterocycles. The third-order valence-corrected chi connectivity index (χ3v) is 3.88. The van der Waals surface area contributed by atoms with Crippen molar-refractivity contribution in [2.75, 3.05) is 13.1 Å². The summed E-state index contributed by atoms with van der Waals surface area (Å²) in [4.78, 5) is 6.42. The third-order valence-electron chi connectivity index (χ3n) is 3.88. The lowest BCUT2D eigenvalue weighted by atomic mass is 10.1. The van der Waals surface area contributed by atoms with Gasteiger partial charge in [-0.3, -0.25) is 4.90 Å². The second-order valence-corrected chi connectivity index (χ2v) is 5.26. The van der Waals surface area contributed by atoms with Gasteiger partial charge in [0, 0.05) is 37.6 Å². The highest BCUT2D eigenvalue weighted by Gasteiger charge is 2.20. The summed E-state index contributed by atoms with van der Waals surface area (Å²) in [6, 6.07) is 3.89. The molecule has 1 unspecified atom stereocenters. The maximum absolute atomic E-state index is 13.6. The predicted octanol–water partition coefficient (Wildman–Crippen LogP) is 2.10. The van der Waals surface area contributed by atoms with Crippen molar-refractivity contribution in [3.8, 4) is 0 Å². The molecule has 1 aliphatic heterocycles. The molecule has 21 heavy (non-hydrogen) atoms. The van der Waals surface area contributed by atoms with Crippen LogP contribution in [-0.2, 0) is 13.1 Å². The van der Waals surface area contributed by atoms with E-state index >= 15 is 0 Å². The van der Waals surface area contributed by atoms with Crippen LogP contribution in [0.1, 0.15) is 23.9 Å². The molecule has 2 heterocycles. The van der Waals surface area contributed by atoms with E-state index in [-0.39, 0.29) is 5.56 Å². The summed E-state index contributed by atoms with van der Waals surface area (Å²) in [7, 11) is 0. The first-order valence-corrected chi connectivity index (χ1v) is 6.99. The zero-order chi connectivity index (χ0) is 14.8. The van der Waals surface area contributed by atoms with E-state index in [2.05, 4.69) is 14.5 Å². The normalized spacial score (nSPS) is 16.7. The molecule has 0 radical (unpaired) electrons. The van der Waals surface area contributed by atoms with Gasteiger partial charge in [0.15, 0.2) is 11.6 Å². The highest BCUT2D eigenvalue weighted by Crippen LogP contribution is 2.22. The Balaban J connectivity index is 1.59. The van der Waals surface area contributed by atoms with Crippen LogP contribution in [0.5, 0.6) is 0 Å². The summed E-state index contributed by atoms with van der Waals surface area (Å²) in [6.07, 6.45) is 3.09. The van der Waals surface area contributed by atoms with E-state index in [0.717, 1.165) is 25.0 Å². The third kappa shape index (κ3) is 2.96. The molecule has 112 valence electrons. The van der Waals surface area contributed by atoms with Gasteiger partial charge in [0.05, 0.1) is 12.6 Å². The van der Waals surface area contributed by atoms with Crippen LogP contribution in [0, 0.1) is 11.6 Å². The number of benzene rings is 1. The molecule has 1 aromatic carbocycles. The molecule has 1 atom stereocenters. The first-order valence-electron chi connectivity index (χ1n) is 6.99. The van der Waals surface area contributed by atoms with Crippen LogP contribution in [0.25, 0.3) is 0 Å². The van der Waals surface area contributed by atoms with Gasteiger partial charge < -0.3 is 9.67 Å². The lowest BCUT2D eigenvalue weighted by Gasteiger charge is -2.28. The van der Waals surface area contributed by atoms with Gasteiger partial charge >= 0.3 is 0 Å². The smallest absolute Gasteiger partial charge is 0.164 e. The number of halogens is 2. The van der Waals surface area contributed by atoms with Crippen LogP contribution in [0.4, 0.5) is 8.78 Å². The van der Waals surface area contributed by atoms with Crippen LogP contribution in [0.2, 0.25) is 0 Å². The Hall–Kier alpha value is -1.79. The fourth-order valence-electron chi connectivity index (χ4n) is 2.65. The van der Waals surface area contributed by atoms with Crippen LogP contribution in [-0.4, -0.2) is 32.6 Å². The van der Waals surface area contributed by atoms with Crippen molar-refractivity contribution in [3.05, 3.63) is 53.6 Å². The number of hydrogen-bond acceptors (Lipinski definition) is 3. The highest BCUT2D eigenvalue weighted by molar-refractivity contribution is 5.21. The minimum Gasteiger partial charge on any atom is -0.388 e. The van der Waals surface area contributed by atoms with Gasteiger partial charge in [-0.2, -0.15) is 0 Å². The molecular weight excluding hydrogens is 276 g/mol. The highest BCUT2D eigenvalue weighted by atomic mass is 19.2. The summed E-state index contributed by atoms with van der Waals surface area (Å²) in [5, 5.41) is 10.1. The second-order valence-electron chi connectivity index (χ2n) is 5.26. The molecule has 1 N–H and O–H groups in total. The van der Waals surface area contributed by atoms with Gasteiger partial charge in [-0.25, -0.2) is 13.8 Å². The lowest BCUT2D eigenvalue weighted by Crippen LogP contribution is -2.34. The Morgan fingerprint density at radius 3 is 3.00 bits per heavy atom. The summed E-state index contributed by atoms with van der Waals surface area (Å²) in [5.74, 6) is -0.890. The van der Waals surface area contributed by atoms with Crippen LogP contribution in [0.3, 0.4) is 0 Å². The number of fused-ring (bicyclic) bond motifs is 1. The quantitative estimate of drug-likeness (QED) is 0.938. The first kappa shape index (κ1) is 14.2. The fourth-order valence-corrected chi connectivity index (χ4v) is 2.65. The molecule has 4 nitrogen and oxygen atoms in total. The minimum atomic E-state index is -0.998. The molecule has 3 rings (SSSR count). The number of nitrogens with zero attached hydrogens (tertiary/aromatic N) is 3. The number of aliphatic hydroxyl groups excluding tert-OH is 1. The van der Waals surface area contributed by atoms with Crippen LogP contribution >= 0.6 is 0 Å². The average molecular weight is 293 g/mol. The number of imidazole rings is 1. The molecular formula is C15H17F2N3O. The van der Waals surface area contributed by atoms with Gasteiger partial charge in [0.1, 0.15) is 5.82 Å². The number of hydrogen-bond donors (Lipinski definition) is 1. The molecule has 1 aliphatic rings. The Kier molecular flexibility index (Phi) is 3.98. The largest absolute Gasteiger partial charge is 0.388 e. The molecule has 0 spiro atoms. The summed E-state index contributed by atoms with van der Waals surface area (Å²) < 4.78 is 28.9. The van der Waals surface area contributed by atoms with Gasteiger partial charge in [0.25, 0.3) is 0 Å². The molecule has 2 aromatic rings. The zero-order valence-electron chi connectivity index (χ0n) is 11.5. The van der Waals surface area contributed by atoms with Crippen molar-refractivity contribution in [2.24, 2.45) is 0 Å². The van der Waals surface area contributed by atoms with Crippen LogP contribution < -0.4 is 0 Å². The zero-order valence-corrected chi connectivity index (χ0v) is 11.5. The summed E-state index contributed by atoms with van der Waals surface area (Å²) in [5.41, 5.74) is 0.0218. The monoisotopic (exact) mass is 293 g/mol. The Labute approximate surface area is 121 Å². The SMILES string of the molecule is OC(CCN1CCn2ccnc2C1)c1cccc(F)c1F. The maximum atomic E-state index is 13.6. The molecule has 6 heteroatoms. The Morgan fingerprint density at radius 2 is 2.14 bits per heavy atom. The lowest BCUT2D eigenvalue weighted by molar-refractivity contribution is 0.126. The molecule has 0 saturated carbocycles. The number of aliphatic hydroxyl groups is 1. The molecule has 0 bridgehead atoms. The average Bonchev–Trinajstić information content (AvgIpc) is 2.95. The van der Waals surface area contributed by atoms with Gasteiger partial charge in [-0.1, -0.05) is 12.1 Å². The van der Waals surface area contributed by atoms with E-state index < -0.39 is 17.7 Å². The van der Waals surface area contributed by atoms with Gasteiger partial charge in [-0.05, 0) is 12.5 Å². The van der Waals surface area contributed by atoms with Gasteiger partial charge in [-0.15, -0.1) is 0 Å². The first-order chi connectivity index (χ1) is 10.1. The Bertz CT molecular complexity index is 629. The fraction of sp³-hybridized carbons (Fsp3) is 0.400. The van der Waals surface area contributed by atoms with E-state index in [1.54, 1.807) is 6.20 Å². The van der Waals surface area contributed by atoms with E-state index in [0.29, 0.717) is 19.5 Å². The predicted molar refractivity (Wildman–Crippen MR) is 73.4 cm³/mol. The summed E-state index contributed by atoms with van der Waals surface area (Å²) >= 11 is 0. The van der Waals surface area contributed by atoms with E-state index in [9.17, 15) is 13.9 Å². The van der Waals surface area contributed by atoms with Crippen molar-refractivity contribution >= 4 is 0 Å². The molecule has 1 aromatic heterocycles. The van der Waals surface area contributed by atoms with Crippen LogP contribution in [0.15, 0.2) is 30.6 Å². The van der Waals surface area contributed by atoms with Crippen molar-refractivity contribution in [3.63, 3.8) is 0 Å². The number of aromatic nitrogens is 2. The Morgan fingerprint density at radius 1 is 1.29 bits per heavy atom. The van der Waals surface area contributed by atoms with E-state index in [4.69, 9.17) is 0 Å². The van der Waals surface area contributed by atoms with E-state index in [1.165, 1.54) is 12.1 Å². The van der Waals surface area contributed by atoms with Crippen molar-refractivity contribution < 1.29 is 13.9 Å². The molecule has 0 fully saturated rings. The molecule has 0 aliphatic carbocycles. The van der Waals surface area contributed by atoms with Crippen molar-refractivity contribution in [1.29, 1.82) is 0 Å². The minimum absolute atomic E-state index is 0.0218. The summed E-state index contributed by atoms with van der Waals surface area (Å²) in [6.45, 7) is 3.05. The topological polar surface area (TPSA) is 41.3 Å².